The molecule has 98 valence electrons. The molecule has 17 heavy (non-hydrogen) atoms. The highest BCUT2D eigenvalue weighted by Gasteiger charge is 2.04. The van der Waals surface area contributed by atoms with E-state index in [0.29, 0.717) is 13.2 Å². The molecule has 0 saturated carbocycles. The fourth-order valence-corrected chi connectivity index (χ4v) is 1.30. The molecule has 0 saturated heterocycles. The van der Waals surface area contributed by atoms with Gasteiger partial charge >= 0.3 is 0 Å². The SMILES string of the molecule is CN=C(NCc1ccco1)NC(C)COC.I. The van der Waals surface area contributed by atoms with Crippen molar-refractivity contribution in [2.75, 3.05) is 20.8 Å². The van der Waals surface area contributed by atoms with Gasteiger partial charge in [0.25, 0.3) is 0 Å². The maximum atomic E-state index is 5.21. The van der Waals surface area contributed by atoms with Gasteiger partial charge in [-0.2, -0.15) is 0 Å². The molecular formula is C11H20IN3O2. The highest BCUT2D eigenvalue weighted by atomic mass is 127. The first-order chi connectivity index (χ1) is 7.76. The monoisotopic (exact) mass is 353 g/mol. The average molecular weight is 353 g/mol. The molecule has 6 heteroatoms. The molecule has 0 aliphatic heterocycles. The Morgan fingerprint density at radius 2 is 2.35 bits per heavy atom. The number of hydrogen-bond donors (Lipinski definition) is 2. The Morgan fingerprint density at radius 1 is 1.59 bits per heavy atom. The minimum atomic E-state index is 0. The quantitative estimate of drug-likeness (QED) is 0.480. The van der Waals surface area contributed by atoms with Crippen molar-refractivity contribution in [1.29, 1.82) is 0 Å². The zero-order chi connectivity index (χ0) is 11.8. The highest BCUT2D eigenvalue weighted by molar-refractivity contribution is 14.0. The molecule has 5 nitrogen and oxygen atoms in total. The lowest BCUT2D eigenvalue weighted by Gasteiger charge is -2.16. The summed E-state index contributed by atoms with van der Waals surface area (Å²) >= 11 is 0. The van der Waals surface area contributed by atoms with E-state index in [0.717, 1.165) is 11.7 Å². The third-order valence-corrected chi connectivity index (χ3v) is 2.03. The van der Waals surface area contributed by atoms with Gasteiger partial charge in [0.05, 0.1) is 19.4 Å². The highest BCUT2D eigenvalue weighted by Crippen LogP contribution is 1.98. The minimum Gasteiger partial charge on any atom is -0.467 e. The van der Waals surface area contributed by atoms with Crippen molar-refractivity contribution in [3.8, 4) is 0 Å². The number of guanidine groups is 1. The van der Waals surface area contributed by atoms with E-state index in [-0.39, 0.29) is 30.0 Å². The number of halogens is 1. The Kier molecular flexibility index (Phi) is 8.87. The molecule has 0 aliphatic rings. The lowest BCUT2D eigenvalue weighted by Crippen LogP contribution is -2.43. The van der Waals surface area contributed by atoms with Crippen molar-refractivity contribution in [2.24, 2.45) is 4.99 Å². The van der Waals surface area contributed by atoms with Gasteiger partial charge in [0.2, 0.25) is 0 Å². The number of methoxy groups -OCH3 is 1. The number of ether oxygens (including phenoxy) is 1. The standard InChI is InChI=1S/C11H19N3O2.HI/c1-9(8-15-3)14-11(12-2)13-7-10-5-4-6-16-10;/h4-6,9H,7-8H2,1-3H3,(H2,12,13,14);1H. The minimum absolute atomic E-state index is 0. The molecule has 0 radical (unpaired) electrons. The molecule has 1 atom stereocenters. The van der Waals surface area contributed by atoms with Gasteiger partial charge in [0.15, 0.2) is 5.96 Å². The molecular weight excluding hydrogens is 333 g/mol. The predicted molar refractivity (Wildman–Crippen MR) is 78.8 cm³/mol. The van der Waals surface area contributed by atoms with Crippen LogP contribution in [0.1, 0.15) is 12.7 Å². The summed E-state index contributed by atoms with van der Waals surface area (Å²) < 4.78 is 10.2. The van der Waals surface area contributed by atoms with Crippen LogP contribution in [0.5, 0.6) is 0 Å². The molecule has 2 N–H and O–H groups in total. The van der Waals surface area contributed by atoms with Gasteiger partial charge in [-0.05, 0) is 19.1 Å². The third kappa shape index (κ3) is 6.52. The summed E-state index contributed by atoms with van der Waals surface area (Å²) in [4.78, 5) is 4.11. The molecule has 1 aromatic heterocycles. The van der Waals surface area contributed by atoms with E-state index in [9.17, 15) is 0 Å². The van der Waals surface area contributed by atoms with Crippen LogP contribution >= 0.6 is 24.0 Å². The summed E-state index contributed by atoms with van der Waals surface area (Å²) in [5.74, 6) is 1.61. The Morgan fingerprint density at radius 3 is 2.88 bits per heavy atom. The number of nitrogens with one attached hydrogen (secondary N) is 2. The second-order valence-corrected chi connectivity index (χ2v) is 3.51. The number of hydrogen-bond acceptors (Lipinski definition) is 3. The van der Waals surface area contributed by atoms with Crippen LogP contribution in [0, 0.1) is 0 Å². The van der Waals surface area contributed by atoms with Crippen LogP contribution in [-0.2, 0) is 11.3 Å². The number of nitrogens with zero attached hydrogens (tertiary/aromatic N) is 1. The van der Waals surface area contributed by atoms with Crippen molar-refractivity contribution < 1.29 is 9.15 Å². The van der Waals surface area contributed by atoms with Crippen LogP contribution in [0.2, 0.25) is 0 Å². The topological polar surface area (TPSA) is 58.8 Å². The van der Waals surface area contributed by atoms with Crippen molar-refractivity contribution in [3.63, 3.8) is 0 Å². The summed E-state index contributed by atoms with van der Waals surface area (Å²) in [5.41, 5.74) is 0. The summed E-state index contributed by atoms with van der Waals surface area (Å²) in [7, 11) is 3.41. The molecule has 1 heterocycles. The fourth-order valence-electron chi connectivity index (χ4n) is 1.30. The van der Waals surface area contributed by atoms with Gasteiger partial charge in [-0.1, -0.05) is 0 Å². The molecule has 0 amide bonds. The predicted octanol–water partition coefficient (Wildman–Crippen LogP) is 1.60. The lowest BCUT2D eigenvalue weighted by molar-refractivity contribution is 0.179. The maximum Gasteiger partial charge on any atom is 0.191 e. The van der Waals surface area contributed by atoms with Crippen LogP contribution in [-0.4, -0.2) is 32.8 Å². The van der Waals surface area contributed by atoms with Crippen LogP contribution < -0.4 is 10.6 Å². The van der Waals surface area contributed by atoms with E-state index in [1.54, 1.807) is 20.4 Å². The lowest BCUT2D eigenvalue weighted by atomic mass is 10.4. The zero-order valence-electron chi connectivity index (χ0n) is 10.4. The smallest absolute Gasteiger partial charge is 0.191 e. The van der Waals surface area contributed by atoms with Gasteiger partial charge in [0.1, 0.15) is 5.76 Å². The van der Waals surface area contributed by atoms with Crippen molar-refractivity contribution in [2.45, 2.75) is 19.5 Å². The van der Waals surface area contributed by atoms with Gasteiger partial charge in [-0.25, -0.2) is 0 Å². The molecule has 1 unspecified atom stereocenters. The van der Waals surface area contributed by atoms with E-state index < -0.39 is 0 Å². The first-order valence-electron chi connectivity index (χ1n) is 5.24. The average Bonchev–Trinajstić information content (AvgIpc) is 2.77. The normalized spacial score (nSPS) is 12.8. The molecule has 0 fully saturated rings. The molecule has 1 rings (SSSR count). The molecule has 0 aromatic carbocycles. The van der Waals surface area contributed by atoms with Gasteiger partial charge in [0, 0.05) is 20.2 Å². The fraction of sp³-hybridized carbons (Fsp3) is 0.545. The first kappa shape index (κ1) is 16.2. The zero-order valence-corrected chi connectivity index (χ0v) is 12.7. The molecule has 0 bridgehead atoms. The molecule has 0 spiro atoms. The van der Waals surface area contributed by atoms with Crippen molar-refractivity contribution in [3.05, 3.63) is 24.2 Å². The summed E-state index contributed by atoms with van der Waals surface area (Å²) in [5, 5.41) is 6.35. The Bertz CT molecular complexity index is 315. The van der Waals surface area contributed by atoms with Crippen LogP contribution in [0.15, 0.2) is 27.8 Å². The van der Waals surface area contributed by atoms with E-state index in [4.69, 9.17) is 9.15 Å². The Hall–Kier alpha value is -0.760. The Labute approximate surface area is 119 Å². The van der Waals surface area contributed by atoms with E-state index in [2.05, 4.69) is 15.6 Å². The first-order valence-corrected chi connectivity index (χ1v) is 5.24. The number of furan rings is 1. The van der Waals surface area contributed by atoms with Crippen molar-refractivity contribution in [1.82, 2.24) is 10.6 Å². The van der Waals surface area contributed by atoms with Crippen LogP contribution in [0.25, 0.3) is 0 Å². The van der Waals surface area contributed by atoms with Crippen LogP contribution in [0.3, 0.4) is 0 Å². The largest absolute Gasteiger partial charge is 0.467 e. The second kappa shape index (κ2) is 9.29. The second-order valence-electron chi connectivity index (χ2n) is 3.51. The van der Waals surface area contributed by atoms with E-state index in [1.807, 2.05) is 19.1 Å². The molecule has 1 aromatic rings. The Balaban J connectivity index is 0.00000256. The van der Waals surface area contributed by atoms with Gasteiger partial charge < -0.3 is 19.8 Å². The van der Waals surface area contributed by atoms with E-state index >= 15 is 0 Å². The number of aliphatic imine (C=N–C) groups is 1. The maximum absolute atomic E-state index is 5.21. The van der Waals surface area contributed by atoms with E-state index in [1.165, 1.54) is 0 Å². The summed E-state index contributed by atoms with van der Waals surface area (Å²) in [6.07, 6.45) is 1.65. The van der Waals surface area contributed by atoms with Crippen molar-refractivity contribution >= 4 is 29.9 Å². The van der Waals surface area contributed by atoms with Gasteiger partial charge in [-0.15, -0.1) is 24.0 Å². The molecule has 0 aliphatic carbocycles. The number of rotatable bonds is 5. The van der Waals surface area contributed by atoms with Crippen LogP contribution in [0.4, 0.5) is 0 Å². The summed E-state index contributed by atoms with van der Waals surface area (Å²) in [6, 6.07) is 3.99. The third-order valence-electron chi connectivity index (χ3n) is 2.03. The van der Waals surface area contributed by atoms with Gasteiger partial charge in [-0.3, -0.25) is 4.99 Å². The summed E-state index contributed by atoms with van der Waals surface area (Å²) in [6.45, 7) is 3.29.